The molecule has 0 heterocycles. The molecule has 0 N–H and O–H groups in total. The first-order valence-corrected chi connectivity index (χ1v) is 5.94. The standard InChI is InChI=1S/CH6P2S/c1-3(2)4/h3H,2H2,1H3. The van der Waals surface area contributed by atoms with Crippen molar-refractivity contribution in [2.24, 2.45) is 0 Å². The topological polar surface area (TPSA) is 0 Å². The van der Waals surface area contributed by atoms with Crippen molar-refractivity contribution in [3.05, 3.63) is 0 Å². The van der Waals surface area contributed by atoms with Gasteiger partial charge in [-0.25, -0.2) is 0 Å². The van der Waals surface area contributed by atoms with Crippen molar-refractivity contribution in [2.75, 3.05) is 6.66 Å². The van der Waals surface area contributed by atoms with Gasteiger partial charge in [0.2, 0.25) is 0 Å². The van der Waals surface area contributed by atoms with Crippen molar-refractivity contribution in [2.45, 2.75) is 0 Å². The second-order valence-corrected chi connectivity index (χ2v) is 7.62. The maximum atomic E-state index is 4.69. The highest BCUT2D eigenvalue weighted by atomic mass is 32.6. The third-order valence-corrected chi connectivity index (χ3v) is 0. The summed E-state index contributed by atoms with van der Waals surface area (Å²) in [6.07, 6.45) is -0.380. The quantitative estimate of drug-likeness (QED) is 0.422. The van der Waals surface area contributed by atoms with Crippen LogP contribution in [0.15, 0.2) is 0 Å². The van der Waals surface area contributed by atoms with Crippen molar-refractivity contribution in [3.63, 3.8) is 0 Å². The van der Waals surface area contributed by atoms with Gasteiger partial charge in [0.25, 0.3) is 0 Å². The molecule has 0 radical (unpaired) electrons. The molecule has 2 unspecified atom stereocenters. The Labute approximate surface area is 34.5 Å². The zero-order chi connectivity index (χ0) is 3.58. The number of rotatable bonds is 0. The van der Waals surface area contributed by atoms with Crippen LogP contribution >= 0.6 is 15.3 Å². The molecule has 0 aliphatic carbocycles. The molecule has 0 saturated heterocycles. The lowest BCUT2D eigenvalue weighted by molar-refractivity contribution is 2.51. The van der Waals surface area contributed by atoms with E-state index in [9.17, 15) is 0 Å². The molecule has 26 valence electrons. The van der Waals surface area contributed by atoms with Gasteiger partial charge in [-0.2, -0.15) is 0 Å². The van der Waals surface area contributed by atoms with Gasteiger partial charge in [-0.15, -0.1) is 8.93 Å². The van der Waals surface area contributed by atoms with E-state index in [1.54, 1.807) is 0 Å². The zero-order valence-electron chi connectivity index (χ0n) is 2.49. The van der Waals surface area contributed by atoms with Crippen LogP contribution in [0.5, 0.6) is 0 Å². The lowest BCUT2D eigenvalue weighted by Crippen LogP contribution is -1.14. The SMILES string of the molecule is C[PH](P)=S. The molecule has 3 heteroatoms. The molecule has 0 aromatic rings. The second-order valence-electron chi connectivity index (χ2n) is 0.611. The van der Waals surface area contributed by atoms with E-state index >= 15 is 0 Å². The molecule has 0 bridgehead atoms. The van der Waals surface area contributed by atoms with Crippen molar-refractivity contribution in [1.82, 2.24) is 0 Å². The minimum absolute atomic E-state index is 0.380. The number of hydrogen-bond acceptors (Lipinski definition) is 1. The van der Waals surface area contributed by atoms with Crippen LogP contribution in [0.25, 0.3) is 0 Å². The van der Waals surface area contributed by atoms with E-state index in [0.29, 0.717) is 0 Å². The Balaban J connectivity index is 2.80. The summed E-state index contributed by atoms with van der Waals surface area (Å²) in [7, 11) is 2.57. The van der Waals surface area contributed by atoms with E-state index in [-0.39, 0.29) is 6.39 Å². The molecule has 0 spiro atoms. The average Bonchev–Trinajstić information content (AvgIpc) is 0.811. The summed E-state index contributed by atoms with van der Waals surface area (Å²) in [6.45, 7) is 2.05. The summed E-state index contributed by atoms with van der Waals surface area (Å²) in [6, 6.07) is 0. The maximum Gasteiger partial charge on any atom is -0.0347 e. The van der Waals surface area contributed by atoms with E-state index in [4.69, 9.17) is 0 Å². The molecule has 0 fully saturated rings. The fraction of sp³-hybridized carbons (Fsp3) is 1.00. The van der Waals surface area contributed by atoms with Crippen molar-refractivity contribution in [3.8, 4) is 0 Å². The Hall–Kier alpha value is 1.08. The van der Waals surface area contributed by atoms with Gasteiger partial charge < -0.3 is 0 Å². The molecule has 2 atom stereocenters. The molecule has 0 aromatic heterocycles. The van der Waals surface area contributed by atoms with Crippen molar-refractivity contribution < 1.29 is 0 Å². The predicted molar refractivity (Wildman–Crippen MR) is 31.3 cm³/mol. The largest absolute Gasteiger partial charge is 0.104 e. The summed E-state index contributed by atoms with van der Waals surface area (Å²) in [4.78, 5) is 0. The fourth-order valence-electron chi connectivity index (χ4n) is 0. The predicted octanol–water partition coefficient (Wildman–Crippen LogP) is 1.08. The van der Waals surface area contributed by atoms with E-state index in [0.717, 1.165) is 0 Å². The van der Waals surface area contributed by atoms with Crippen LogP contribution in [-0.4, -0.2) is 6.66 Å². The highest BCUT2D eigenvalue weighted by molar-refractivity contribution is 8.33. The van der Waals surface area contributed by atoms with E-state index in [2.05, 4.69) is 20.7 Å². The first kappa shape index (κ1) is 5.08. The fourth-order valence-corrected chi connectivity index (χ4v) is 0. The molecular formula is CH6P2S. The van der Waals surface area contributed by atoms with Gasteiger partial charge in [0.1, 0.15) is 0 Å². The Morgan fingerprint density at radius 2 is 2.00 bits per heavy atom. The molecule has 0 aromatic carbocycles. The average molecular weight is 112 g/mol. The highest BCUT2D eigenvalue weighted by Crippen LogP contribution is 2.23. The number of hydrogen-bond donors (Lipinski definition) is 0. The van der Waals surface area contributed by atoms with Gasteiger partial charge in [0.05, 0.1) is 0 Å². The third kappa shape index (κ3) is 11.4. The van der Waals surface area contributed by atoms with Crippen LogP contribution < -0.4 is 0 Å². The van der Waals surface area contributed by atoms with Gasteiger partial charge in [-0.3, -0.25) is 0 Å². The van der Waals surface area contributed by atoms with Gasteiger partial charge in [-0.05, 0) is 13.1 Å². The molecule has 0 saturated carbocycles. The summed E-state index contributed by atoms with van der Waals surface area (Å²) in [5.74, 6) is 0. The molecule has 0 nitrogen and oxygen atoms in total. The molecule has 4 heavy (non-hydrogen) atoms. The van der Waals surface area contributed by atoms with Crippen LogP contribution in [0.4, 0.5) is 0 Å². The van der Waals surface area contributed by atoms with Crippen molar-refractivity contribution >= 4 is 27.1 Å². The lowest BCUT2D eigenvalue weighted by Gasteiger charge is -1.64. The van der Waals surface area contributed by atoms with Crippen LogP contribution in [0, 0.1) is 0 Å². The molecule has 0 aliphatic heterocycles. The summed E-state index contributed by atoms with van der Waals surface area (Å²) >= 11 is 4.69. The van der Waals surface area contributed by atoms with Gasteiger partial charge in [0, 0.05) is 0 Å². The third-order valence-electron chi connectivity index (χ3n) is 0. The Morgan fingerprint density at radius 1 is 2.00 bits per heavy atom. The first-order chi connectivity index (χ1) is 1.73. The van der Waals surface area contributed by atoms with E-state index < -0.39 is 0 Å². The van der Waals surface area contributed by atoms with Gasteiger partial charge in [-0.1, -0.05) is 11.8 Å². The van der Waals surface area contributed by atoms with Crippen LogP contribution in [0.1, 0.15) is 0 Å². The highest BCUT2D eigenvalue weighted by Gasteiger charge is 1.52. The minimum Gasteiger partial charge on any atom is -0.104 e. The van der Waals surface area contributed by atoms with Crippen LogP contribution in [0.2, 0.25) is 0 Å². The first-order valence-electron chi connectivity index (χ1n) is 0.993. The summed E-state index contributed by atoms with van der Waals surface area (Å²) < 4.78 is 0. The van der Waals surface area contributed by atoms with E-state index in [1.165, 1.54) is 0 Å². The Kier molecular flexibility index (Phi) is 2.95. The minimum atomic E-state index is -0.380. The Morgan fingerprint density at radius 3 is 2.00 bits per heavy atom. The second kappa shape index (κ2) is 2.33. The smallest absolute Gasteiger partial charge is 0.0347 e. The monoisotopic (exact) mass is 112 g/mol. The summed E-state index contributed by atoms with van der Waals surface area (Å²) in [5, 5.41) is 0. The van der Waals surface area contributed by atoms with Crippen LogP contribution in [-0.2, 0) is 11.8 Å². The normalized spacial score (nSPS) is 15.5. The molecular weight excluding hydrogens is 106 g/mol. The van der Waals surface area contributed by atoms with Crippen molar-refractivity contribution in [1.29, 1.82) is 0 Å². The summed E-state index contributed by atoms with van der Waals surface area (Å²) in [5.41, 5.74) is 0. The van der Waals surface area contributed by atoms with Gasteiger partial charge in [0.15, 0.2) is 0 Å². The van der Waals surface area contributed by atoms with Crippen LogP contribution in [0.3, 0.4) is 0 Å². The van der Waals surface area contributed by atoms with E-state index in [1.807, 2.05) is 6.66 Å². The lowest BCUT2D eigenvalue weighted by atomic mass is 12.0. The molecule has 0 aliphatic rings. The maximum absolute atomic E-state index is 4.69. The molecule has 0 rings (SSSR count). The zero-order valence-corrected chi connectivity index (χ0v) is 5.46. The Bertz CT molecular complexity index is 29.0. The molecule has 0 amide bonds. The van der Waals surface area contributed by atoms with Gasteiger partial charge >= 0.3 is 0 Å².